The normalized spacial score (nSPS) is 20.4. The molecule has 2 N–H and O–H groups in total. The van der Waals surface area contributed by atoms with E-state index in [0.29, 0.717) is 6.54 Å². The predicted molar refractivity (Wildman–Crippen MR) is 70.2 cm³/mol. The van der Waals surface area contributed by atoms with Gasteiger partial charge in [-0.15, -0.1) is 0 Å². The van der Waals surface area contributed by atoms with Crippen LogP contribution in [-0.2, 0) is 18.3 Å². The summed E-state index contributed by atoms with van der Waals surface area (Å²) in [6.45, 7) is 1.64. The van der Waals surface area contributed by atoms with Gasteiger partial charge in [-0.3, -0.25) is 9.48 Å². The summed E-state index contributed by atoms with van der Waals surface area (Å²) in [5, 5.41) is 10.4. The molecule has 0 radical (unpaired) electrons. The van der Waals surface area contributed by atoms with E-state index >= 15 is 0 Å². The summed E-state index contributed by atoms with van der Waals surface area (Å²) in [7, 11) is 1.90. The fourth-order valence-electron chi connectivity index (χ4n) is 2.31. The SMILES string of the molecule is Cn1cc(CCNC(=O)C2CCCCCN2)cn1. The molecule has 2 heterocycles. The number of rotatable bonds is 4. The molecule has 100 valence electrons. The van der Waals surface area contributed by atoms with Crippen molar-refractivity contribution >= 4 is 5.91 Å². The highest BCUT2D eigenvalue weighted by Gasteiger charge is 2.18. The molecule has 1 fully saturated rings. The summed E-state index contributed by atoms with van der Waals surface area (Å²) in [6.07, 6.45) is 9.18. The molecule has 1 aliphatic rings. The number of nitrogens with zero attached hydrogens (tertiary/aromatic N) is 2. The van der Waals surface area contributed by atoms with Gasteiger partial charge in [0.25, 0.3) is 0 Å². The molecule has 5 heteroatoms. The number of amides is 1. The molecular weight excluding hydrogens is 228 g/mol. The van der Waals surface area contributed by atoms with Crippen LogP contribution in [0.5, 0.6) is 0 Å². The highest BCUT2D eigenvalue weighted by molar-refractivity contribution is 5.81. The second-order valence-electron chi connectivity index (χ2n) is 4.92. The van der Waals surface area contributed by atoms with E-state index in [9.17, 15) is 4.79 Å². The Bertz CT molecular complexity index is 380. The lowest BCUT2D eigenvalue weighted by Gasteiger charge is -2.15. The molecule has 1 amide bonds. The smallest absolute Gasteiger partial charge is 0.237 e. The maximum absolute atomic E-state index is 12.0. The number of aryl methyl sites for hydroxylation is 1. The zero-order chi connectivity index (χ0) is 12.8. The van der Waals surface area contributed by atoms with Crippen molar-refractivity contribution in [3.05, 3.63) is 18.0 Å². The number of carbonyl (C=O) groups is 1. The van der Waals surface area contributed by atoms with E-state index in [-0.39, 0.29) is 11.9 Å². The lowest BCUT2D eigenvalue weighted by Crippen LogP contribution is -2.44. The van der Waals surface area contributed by atoms with E-state index in [1.165, 1.54) is 12.8 Å². The minimum absolute atomic E-state index is 0.00129. The van der Waals surface area contributed by atoms with Crippen LogP contribution in [-0.4, -0.2) is 34.8 Å². The standard InChI is InChI=1S/C13H22N4O/c1-17-10-11(9-16-17)6-8-15-13(18)12-5-3-2-4-7-14-12/h9-10,12,14H,2-8H2,1H3,(H,15,18). The van der Waals surface area contributed by atoms with Gasteiger partial charge >= 0.3 is 0 Å². The molecule has 1 saturated heterocycles. The first kappa shape index (κ1) is 13.1. The largest absolute Gasteiger partial charge is 0.354 e. The quantitative estimate of drug-likeness (QED) is 0.823. The first-order valence-electron chi connectivity index (χ1n) is 6.74. The van der Waals surface area contributed by atoms with E-state index < -0.39 is 0 Å². The Morgan fingerprint density at radius 3 is 3.22 bits per heavy atom. The van der Waals surface area contributed by atoms with Gasteiger partial charge in [0.15, 0.2) is 0 Å². The van der Waals surface area contributed by atoms with Gasteiger partial charge in [0.1, 0.15) is 0 Å². The van der Waals surface area contributed by atoms with Gasteiger partial charge in [0.05, 0.1) is 12.2 Å². The summed E-state index contributed by atoms with van der Waals surface area (Å²) >= 11 is 0. The molecule has 0 bridgehead atoms. The summed E-state index contributed by atoms with van der Waals surface area (Å²) in [6, 6.07) is 0.00129. The lowest BCUT2D eigenvalue weighted by molar-refractivity contribution is -0.123. The van der Waals surface area contributed by atoms with Crippen LogP contribution >= 0.6 is 0 Å². The Kier molecular flexibility index (Phi) is 4.75. The first-order chi connectivity index (χ1) is 8.75. The van der Waals surface area contributed by atoms with Gasteiger partial charge < -0.3 is 10.6 Å². The van der Waals surface area contributed by atoms with Crippen molar-refractivity contribution in [2.24, 2.45) is 7.05 Å². The topological polar surface area (TPSA) is 59.0 Å². The molecule has 18 heavy (non-hydrogen) atoms. The maximum atomic E-state index is 12.0. The lowest BCUT2D eigenvalue weighted by atomic mass is 10.1. The van der Waals surface area contributed by atoms with E-state index in [0.717, 1.165) is 31.4 Å². The van der Waals surface area contributed by atoms with Crippen molar-refractivity contribution in [2.75, 3.05) is 13.1 Å². The van der Waals surface area contributed by atoms with Crippen LogP contribution in [0.15, 0.2) is 12.4 Å². The van der Waals surface area contributed by atoms with Crippen LogP contribution in [0.2, 0.25) is 0 Å². The minimum atomic E-state index is 0.00129. The Morgan fingerprint density at radius 2 is 2.44 bits per heavy atom. The van der Waals surface area contributed by atoms with Crippen molar-refractivity contribution in [2.45, 2.75) is 38.1 Å². The molecule has 1 aromatic heterocycles. The van der Waals surface area contributed by atoms with Crippen LogP contribution in [0.4, 0.5) is 0 Å². The molecule has 0 spiro atoms. The van der Waals surface area contributed by atoms with E-state index in [1.807, 2.05) is 19.4 Å². The summed E-state index contributed by atoms with van der Waals surface area (Å²) in [5.74, 6) is 0.140. The maximum Gasteiger partial charge on any atom is 0.237 e. The van der Waals surface area contributed by atoms with Gasteiger partial charge in [-0.25, -0.2) is 0 Å². The molecule has 1 aromatic rings. The number of nitrogens with one attached hydrogen (secondary N) is 2. The zero-order valence-corrected chi connectivity index (χ0v) is 11.0. The highest BCUT2D eigenvalue weighted by atomic mass is 16.2. The van der Waals surface area contributed by atoms with Gasteiger partial charge in [0.2, 0.25) is 5.91 Å². The first-order valence-corrected chi connectivity index (χ1v) is 6.74. The molecule has 1 unspecified atom stereocenters. The molecule has 1 aliphatic heterocycles. The fraction of sp³-hybridized carbons (Fsp3) is 0.692. The number of carbonyl (C=O) groups excluding carboxylic acids is 1. The van der Waals surface area contributed by atoms with Crippen molar-refractivity contribution in [3.63, 3.8) is 0 Å². The second kappa shape index (κ2) is 6.54. The summed E-state index contributed by atoms with van der Waals surface area (Å²) in [4.78, 5) is 12.0. The Labute approximate surface area is 108 Å². The van der Waals surface area contributed by atoms with Gasteiger partial charge in [-0.05, 0) is 31.4 Å². The third kappa shape index (κ3) is 3.84. The zero-order valence-electron chi connectivity index (χ0n) is 11.0. The van der Waals surface area contributed by atoms with E-state index in [4.69, 9.17) is 0 Å². The molecule has 5 nitrogen and oxygen atoms in total. The number of hydrogen-bond acceptors (Lipinski definition) is 3. The number of hydrogen-bond donors (Lipinski definition) is 2. The van der Waals surface area contributed by atoms with Gasteiger partial charge in [-0.2, -0.15) is 5.10 Å². The molecule has 0 saturated carbocycles. The van der Waals surface area contributed by atoms with Crippen molar-refractivity contribution < 1.29 is 4.79 Å². The van der Waals surface area contributed by atoms with Gasteiger partial charge in [0, 0.05) is 19.8 Å². The molecule has 2 rings (SSSR count). The Morgan fingerprint density at radius 1 is 1.56 bits per heavy atom. The van der Waals surface area contributed by atoms with E-state index in [2.05, 4.69) is 15.7 Å². The van der Waals surface area contributed by atoms with Crippen molar-refractivity contribution in [1.29, 1.82) is 0 Å². The van der Waals surface area contributed by atoms with Crippen molar-refractivity contribution in [3.8, 4) is 0 Å². The second-order valence-corrected chi connectivity index (χ2v) is 4.92. The fourth-order valence-corrected chi connectivity index (χ4v) is 2.31. The van der Waals surface area contributed by atoms with E-state index in [1.54, 1.807) is 4.68 Å². The number of aromatic nitrogens is 2. The summed E-state index contributed by atoms with van der Waals surface area (Å²) < 4.78 is 1.78. The van der Waals surface area contributed by atoms with Crippen LogP contribution in [0, 0.1) is 0 Å². The minimum Gasteiger partial charge on any atom is -0.354 e. The third-order valence-corrected chi connectivity index (χ3v) is 3.35. The van der Waals surface area contributed by atoms with Crippen molar-refractivity contribution in [1.82, 2.24) is 20.4 Å². The summed E-state index contributed by atoms with van der Waals surface area (Å²) in [5.41, 5.74) is 1.16. The third-order valence-electron chi connectivity index (χ3n) is 3.35. The Hall–Kier alpha value is -1.36. The highest BCUT2D eigenvalue weighted by Crippen LogP contribution is 2.08. The molecular formula is C13H22N4O. The Balaban J connectivity index is 1.70. The molecule has 0 aliphatic carbocycles. The predicted octanol–water partition coefficient (Wildman–Crippen LogP) is 0.611. The molecule has 1 atom stereocenters. The molecule has 0 aromatic carbocycles. The van der Waals surface area contributed by atoms with Gasteiger partial charge in [-0.1, -0.05) is 12.8 Å². The van der Waals surface area contributed by atoms with Crippen LogP contribution < -0.4 is 10.6 Å². The monoisotopic (exact) mass is 250 g/mol. The van der Waals surface area contributed by atoms with Crippen LogP contribution in [0.25, 0.3) is 0 Å². The average Bonchev–Trinajstić information content (AvgIpc) is 2.63. The van der Waals surface area contributed by atoms with Crippen LogP contribution in [0.3, 0.4) is 0 Å². The average molecular weight is 250 g/mol. The van der Waals surface area contributed by atoms with Crippen LogP contribution in [0.1, 0.15) is 31.2 Å².